The first-order valence-electron chi connectivity index (χ1n) is 7.79. The molecule has 6 nitrogen and oxygen atoms in total. The molecule has 0 bridgehead atoms. The Morgan fingerprint density at radius 3 is 2.64 bits per heavy atom. The van der Waals surface area contributed by atoms with Crippen LogP contribution in [0.25, 0.3) is 11.4 Å². The van der Waals surface area contributed by atoms with Crippen molar-refractivity contribution in [2.75, 3.05) is 31.1 Å². The summed E-state index contributed by atoms with van der Waals surface area (Å²) < 4.78 is 5.09. The maximum Gasteiger partial charge on any atom is 0.240 e. The summed E-state index contributed by atoms with van der Waals surface area (Å²) in [5, 5.41) is 3.99. The maximum absolute atomic E-state index is 5.52. The Kier molecular flexibility index (Phi) is 4.40. The normalized spacial score (nSPS) is 16.5. The van der Waals surface area contributed by atoms with E-state index in [9.17, 15) is 0 Å². The summed E-state index contributed by atoms with van der Waals surface area (Å²) >= 11 is 0. The van der Waals surface area contributed by atoms with E-state index in [0.29, 0.717) is 17.8 Å². The van der Waals surface area contributed by atoms with Gasteiger partial charge in [-0.25, -0.2) is 0 Å². The smallest absolute Gasteiger partial charge is 0.240 e. The average molecular weight is 301 g/mol. The number of aromatic nitrogens is 2. The van der Waals surface area contributed by atoms with E-state index in [1.807, 2.05) is 12.1 Å². The lowest BCUT2D eigenvalue weighted by atomic mass is 10.1. The lowest BCUT2D eigenvalue weighted by Gasteiger charge is -2.38. The molecule has 0 radical (unpaired) electrons. The lowest BCUT2D eigenvalue weighted by molar-refractivity contribution is 0.209. The molecular formula is C16H23N5O. The third kappa shape index (κ3) is 3.13. The fourth-order valence-electron chi connectivity index (χ4n) is 2.79. The summed E-state index contributed by atoms with van der Waals surface area (Å²) in [7, 11) is 0. The van der Waals surface area contributed by atoms with Gasteiger partial charge in [0.05, 0.1) is 6.54 Å². The van der Waals surface area contributed by atoms with Crippen molar-refractivity contribution >= 4 is 5.69 Å². The molecule has 2 N–H and O–H groups in total. The van der Waals surface area contributed by atoms with Crippen molar-refractivity contribution < 1.29 is 4.52 Å². The van der Waals surface area contributed by atoms with Gasteiger partial charge in [-0.2, -0.15) is 4.98 Å². The van der Waals surface area contributed by atoms with E-state index in [1.54, 1.807) is 0 Å². The molecule has 2 aromatic rings. The number of hydrogen-bond acceptors (Lipinski definition) is 6. The maximum atomic E-state index is 5.52. The van der Waals surface area contributed by atoms with Crippen molar-refractivity contribution in [1.82, 2.24) is 15.0 Å². The molecular weight excluding hydrogens is 278 g/mol. The average Bonchev–Trinajstić information content (AvgIpc) is 3.04. The van der Waals surface area contributed by atoms with Crippen LogP contribution in [0.15, 0.2) is 28.8 Å². The second kappa shape index (κ2) is 6.46. The fourth-order valence-corrected chi connectivity index (χ4v) is 2.79. The van der Waals surface area contributed by atoms with Gasteiger partial charge in [0.25, 0.3) is 0 Å². The molecule has 0 unspecified atom stereocenters. The number of hydrogen-bond donors (Lipinski definition) is 1. The standard InChI is InChI=1S/C16H23N5O/c1-12(2)20-6-8-21(9-7-20)14-5-3-4-13(10-14)16-18-15(11-17)22-19-16/h3-5,10,12H,6-9,11,17H2,1-2H3. The summed E-state index contributed by atoms with van der Waals surface area (Å²) in [5.41, 5.74) is 7.69. The van der Waals surface area contributed by atoms with Crippen molar-refractivity contribution in [3.63, 3.8) is 0 Å². The molecule has 0 spiro atoms. The highest BCUT2D eigenvalue weighted by Gasteiger charge is 2.19. The first-order valence-corrected chi connectivity index (χ1v) is 7.79. The van der Waals surface area contributed by atoms with Crippen LogP contribution >= 0.6 is 0 Å². The monoisotopic (exact) mass is 301 g/mol. The van der Waals surface area contributed by atoms with E-state index < -0.39 is 0 Å². The van der Waals surface area contributed by atoms with Crippen molar-refractivity contribution in [1.29, 1.82) is 0 Å². The zero-order valence-electron chi connectivity index (χ0n) is 13.2. The van der Waals surface area contributed by atoms with Gasteiger partial charge in [-0.15, -0.1) is 0 Å². The largest absolute Gasteiger partial charge is 0.369 e. The number of benzene rings is 1. The molecule has 0 saturated carbocycles. The Bertz CT molecular complexity index is 617. The van der Waals surface area contributed by atoms with Gasteiger partial charge >= 0.3 is 0 Å². The molecule has 1 aromatic carbocycles. The molecule has 1 saturated heterocycles. The molecule has 1 aromatic heterocycles. The van der Waals surface area contributed by atoms with Crippen LogP contribution in [0.4, 0.5) is 5.69 Å². The number of nitrogens with two attached hydrogens (primary N) is 1. The van der Waals surface area contributed by atoms with Gasteiger partial charge < -0.3 is 15.2 Å². The highest BCUT2D eigenvalue weighted by atomic mass is 16.5. The summed E-state index contributed by atoms with van der Waals surface area (Å²) in [4.78, 5) is 9.21. The Morgan fingerprint density at radius 1 is 1.23 bits per heavy atom. The van der Waals surface area contributed by atoms with Crippen molar-refractivity contribution in [3.05, 3.63) is 30.2 Å². The molecule has 0 amide bonds. The number of nitrogens with zero attached hydrogens (tertiary/aromatic N) is 4. The van der Waals surface area contributed by atoms with Crippen LogP contribution in [0.1, 0.15) is 19.7 Å². The van der Waals surface area contributed by atoms with Gasteiger partial charge in [0.15, 0.2) is 0 Å². The molecule has 1 fully saturated rings. The minimum atomic E-state index is 0.268. The first-order chi connectivity index (χ1) is 10.7. The highest BCUT2D eigenvalue weighted by molar-refractivity contribution is 5.63. The quantitative estimate of drug-likeness (QED) is 0.927. The van der Waals surface area contributed by atoms with Crippen molar-refractivity contribution in [3.8, 4) is 11.4 Å². The zero-order chi connectivity index (χ0) is 15.5. The third-order valence-electron chi connectivity index (χ3n) is 4.16. The Labute approximate surface area is 130 Å². The van der Waals surface area contributed by atoms with Crippen molar-refractivity contribution in [2.24, 2.45) is 5.73 Å². The van der Waals surface area contributed by atoms with E-state index in [1.165, 1.54) is 5.69 Å². The van der Waals surface area contributed by atoms with E-state index in [-0.39, 0.29) is 6.54 Å². The van der Waals surface area contributed by atoms with Gasteiger partial charge in [-0.3, -0.25) is 4.90 Å². The van der Waals surface area contributed by atoms with E-state index in [4.69, 9.17) is 10.3 Å². The van der Waals surface area contributed by atoms with Gasteiger partial charge in [0.1, 0.15) is 0 Å². The molecule has 118 valence electrons. The van der Waals surface area contributed by atoms with E-state index in [0.717, 1.165) is 31.7 Å². The Hall–Kier alpha value is -1.92. The minimum absolute atomic E-state index is 0.268. The predicted octanol–water partition coefficient (Wildman–Crippen LogP) is 1.73. The van der Waals surface area contributed by atoms with Crippen LogP contribution in [0.3, 0.4) is 0 Å². The summed E-state index contributed by atoms with van der Waals surface area (Å²) in [6.45, 7) is 9.06. The fraction of sp³-hybridized carbons (Fsp3) is 0.500. The SMILES string of the molecule is CC(C)N1CCN(c2cccc(-c3noc(CN)n3)c2)CC1. The molecule has 1 aliphatic heterocycles. The number of anilines is 1. The molecule has 0 atom stereocenters. The zero-order valence-corrected chi connectivity index (χ0v) is 13.2. The van der Waals surface area contributed by atoms with Crippen LogP contribution in [0, 0.1) is 0 Å². The molecule has 0 aliphatic carbocycles. The van der Waals surface area contributed by atoms with Crippen LogP contribution in [-0.4, -0.2) is 47.3 Å². The van der Waals surface area contributed by atoms with Gasteiger partial charge in [-0.05, 0) is 26.0 Å². The van der Waals surface area contributed by atoms with Gasteiger partial charge in [0.2, 0.25) is 11.7 Å². The van der Waals surface area contributed by atoms with Crippen LogP contribution in [0.2, 0.25) is 0 Å². The number of piperazine rings is 1. The molecule has 3 rings (SSSR count). The highest BCUT2D eigenvalue weighted by Crippen LogP contribution is 2.24. The summed E-state index contributed by atoms with van der Waals surface area (Å²) in [5.74, 6) is 1.06. The Morgan fingerprint density at radius 2 is 2.00 bits per heavy atom. The predicted molar refractivity (Wildman–Crippen MR) is 86.5 cm³/mol. The van der Waals surface area contributed by atoms with Crippen LogP contribution in [0.5, 0.6) is 0 Å². The lowest BCUT2D eigenvalue weighted by Crippen LogP contribution is -2.48. The van der Waals surface area contributed by atoms with E-state index in [2.05, 4.69) is 45.9 Å². The van der Waals surface area contributed by atoms with Crippen molar-refractivity contribution in [2.45, 2.75) is 26.4 Å². The summed E-state index contributed by atoms with van der Waals surface area (Å²) in [6, 6.07) is 8.91. The second-order valence-electron chi connectivity index (χ2n) is 5.88. The second-order valence-corrected chi connectivity index (χ2v) is 5.88. The molecule has 2 heterocycles. The molecule has 1 aliphatic rings. The molecule has 22 heavy (non-hydrogen) atoms. The molecule has 6 heteroatoms. The summed E-state index contributed by atoms with van der Waals surface area (Å²) in [6.07, 6.45) is 0. The number of rotatable bonds is 4. The third-order valence-corrected chi connectivity index (χ3v) is 4.16. The van der Waals surface area contributed by atoms with Gasteiger partial charge in [0, 0.05) is 43.5 Å². The Balaban J connectivity index is 1.74. The topological polar surface area (TPSA) is 71.4 Å². The first kappa shape index (κ1) is 15.0. The van der Waals surface area contributed by atoms with Crippen LogP contribution < -0.4 is 10.6 Å². The van der Waals surface area contributed by atoms with Gasteiger partial charge in [-0.1, -0.05) is 17.3 Å². The van der Waals surface area contributed by atoms with E-state index >= 15 is 0 Å². The van der Waals surface area contributed by atoms with Crippen LogP contribution in [-0.2, 0) is 6.54 Å². The minimum Gasteiger partial charge on any atom is -0.369 e.